The highest BCUT2D eigenvalue weighted by atomic mass is 79.9. The lowest BCUT2D eigenvalue weighted by molar-refractivity contribution is -0.117. The topological polar surface area (TPSA) is 26.3 Å². The molecule has 0 aromatic carbocycles. The number of rotatable bonds is 0. The molecule has 78 valence electrons. The SMILES string of the molecule is Cc1cc(Br)c(C)s1.O=C1CCOC1. The van der Waals surface area contributed by atoms with Crippen LogP contribution < -0.4 is 0 Å². The summed E-state index contributed by atoms with van der Waals surface area (Å²) < 4.78 is 5.94. The van der Waals surface area contributed by atoms with E-state index in [-0.39, 0.29) is 5.78 Å². The van der Waals surface area contributed by atoms with Crippen LogP contribution in [0.1, 0.15) is 16.2 Å². The lowest BCUT2D eigenvalue weighted by Gasteiger charge is -1.77. The first-order valence-electron chi connectivity index (χ1n) is 4.41. The summed E-state index contributed by atoms with van der Waals surface area (Å²) >= 11 is 5.25. The van der Waals surface area contributed by atoms with Gasteiger partial charge in [0.15, 0.2) is 5.78 Å². The van der Waals surface area contributed by atoms with Crippen molar-refractivity contribution < 1.29 is 9.53 Å². The van der Waals surface area contributed by atoms with Gasteiger partial charge < -0.3 is 4.74 Å². The largest absolute Gasteiger partial charge is 0.373 e. The molecule has 14 heavy (non-hydrogen) atoms. The van der Waals surface area contributed by atoms with Crippen molar-refractivity contribution in [2.75, 3.05) is 13.2 Å². The number of carbonyl (C=O) groups excluding carboxylic acids is 1. The monoisotopic (exact) mass is 276 g/mol. The summed E-state index contributed by atoms with van der Waals surface area (Å²) in [6, 6.07) is 2.14. The lowest BCUT2D eigenvalue weighted by atomic mass is 10.4. The molecule has 0 aliphatic carbocycles. The molecule has 0 atom stereocenters. The van der Waals surface area contributed by atoms with Crippen molar-refractivity contribution in [1.82, 2.24) is 0 Å². The van der Waals surface area contributed by atoms with E-state index in [1.807, 2.05) is 11.3 Å². The van der Waals surface area contributed by atoms with Gasteiger partial charge in [-0.3, -0.25) is 4.79 Å². The quantitative estimate of drug-likeness (QED) is 0.728. The molecule has 1 saturated heterocycles. The van der Waals surface area contributed by atoms with Crippen molar-refractivity contribution in [1.29, 1.82) is 0 Å². The zero-order chi connectivity index (χ0) is 10.6. The minimum atomic E-state index is 0.231. The van der Waals surface area contributed by atoms with Gasteiger partial charge in [0, 0.05) is 20.6 Å². The Bertz CT molecular complexity index is 292. The molecule has 0 spiro atoms. The molecule has 1 aromatic rings. The second-order valence-corrected chi connectivity index (χ2v) is 5.42. The Hall–Kier alpha value is -0.190. The van der Waals surface area contributed by atoms with Crippen LogP contribution in [-0.4, -0.2) is 19.0 Å². The summed E-state index contributed by atoms with van der Waals surface area (Å²) in [7, 11) is 0. The van der Waals surface area contributed by atoms with Crippen LogP contribution in [0.5, 0.6) is 0 Å². The Morgan fingerprint density at radius 2 is 2.21 bits per heavy atom. The standard InChI is InChI=1S/C6H7BrS.C4H6O2/c1-4-3-6(7)5(2)8-4;5-4-1-2-6-3-4/h3H,1-2H3;1-3H2. The zero-order valence-electron chi connectivity index (χ0n) is 8.30. The van der Waals surface area contributed by atoms with Crippen LogP contribution in [0, 0.1) is 13.8 Å². The normalized spacial score (nSPS) is 15.2. The van der Waals surface area contributed by atoms with Gasteiger partial charge in [0.2, 0.25) is 0 Å². The molecule has 1 fully saturated rings. The van der Waals surface area contributed by atoms with Crippen molar-refractivity contribution in [2.24, 2.45) is 0 Å². The summed E-state index contributed by atoms with van der Waals surface area (Å²) in [6.45, 7) is 5.21. The van der Waals surface area contributed by atoms with Crippen LogP contribution in [-0.2, 0) is 9.53 Å². The number of Topliss-reactive ketones (excluding diaryl/α,β-unsaturated/α-hetero) is 1. The molecule has 2 nitrogen and oxygen atoms in total. The van der Waals surface area contributed by atoms with E-state index in [2.05, 4.69) is 35.8 Å². The van der Waals surface area contributed by atoms with Crippen molar-refractivity contribution in [3.05, 3.63) is 20.3 Å². The van der Waals surface area contributed by atoms with Crippen LogP contribution in [0.15, 0.2) is 10.5 Å². The molecule has 0 saturated carbocycles. The Morgan fingerprint density at radius 1 is 1.50 bits per heavy atom. The van der Waals surface area contributed by atoms with Gasteiger partial charge in [-0.1, -0.05) is 0 Å². The molecule has 0 N–H and O–H groups in total. The number of aryl methyl sites for hydroxylation is 2. The molecule has 0 unspecified atom stereocenters. The minimum Gasteiger partial charge on any atom is -0.373 e. The van der Waals surface area contributed by atoms with Gasteiger partial charge in [0.05, 0.1) is 6.61 Å². The van der Waals surface area contributed by atoms with E-state index in [0.29, 0.717) is 19.6 Å². The van der Waals surface area contributed by atoms with Crippen molar-refractivity contribution in [3.63, 3.8) is 0 Å². The molecule has 1 aromatic heterocycles. The third-order valence-corrected chi connectivity index (χ3v) is 3.82. The predicted molar refractivity (Wildman–Crippen MR) is 61.9 cm³/mol. The summed E-state index contributed by atoms with van der Waals surface area (Å²) in [5.41, 5.74) is 0. The number of halogens is 1. The number of carbonyl (C=O) groups is 1. The van der Waals surface area contributed by atoms with Gasteiger partial charge in [-0.2, -0.15) is 0 Å². The fourth-order valence-corrected chi connectivity index (χ4v) is 2.60. The second-order valence-electron chi connectivity index (χ2n) is 3.10. The van der Waals surface area contributed by atoms with Gasteiger partial charge >= 0.3 is 0 Å². The average molecular weight is 277 g/mol. The van der Waals surface area contributed by atoms with Crippen LogP contribution in [0.2, 0.25) is 0 Å². The summed E-state index contributed by atoms with van der Waals surface area (Å²) in [4.78, 5) is 12.9. The molecule has 4 heteroatoms. The Labute approximate surface area is 96.4 Å². The highest BCUT2D eigenvalue weighted by Crippen LogP contribution is 2.24. The Morgan fingerprint density at radius 3 is 2.36 bits per heavy atom. The van der Waals surface area contributed by atoms with Crippen molar-refractivity contribution in [3.8, 4) is 0 Å². The van der Waals surface area contributed by atoms with Crippen LogP contribution in [0.3, 0.4) is 0 Å². The van der Waals surface area contributed by atoms with Gasteiger partial charge in [0.1, 0.15) is 6.61 Å². The zero-order valence-corrected chi connectivity index (χ0v) is 10.7. The highest BCUT2D eigenvalue weighted by Gasteiger charge is 2.07. The van der Waals surface area contributed by atoms with Gasteiger partial charge in [0.25, 0.3) is 0 Å². The first-order valence-corrected chi connectivity index (χ1v) is 6.02. The van der Waals surface area contributed by atoms with Gasteiger partial charge in [-0.25, -0.2) is 0 Å². The van der Waals surface area contributed by atoms with E-state index in [1.54, 1.807) is 0 Å². The van der Waals surface area contributed by atoms with E-state index >= 15 is 0 Å². The van der Waals surface area contributed by atoms with Crippen LogP contribution in [0.25, 0.3) is 0 Å². The number of thiophene rings is 1. The maximum atomic E-state index is 10.1. The molecular weight excluding hydrogens is 264 g/mol. The molecule has 2 heterocycles. The molecule has 2 rings (SSSR count). The number of hydrogen-bond donors (Lipinski definition) is 0. The second kappa shape index (κ2) is 5.63. The van der Waals surface area contributed by atoms with E-state index in [0.717, 1.165) is 0 Å². The smallest absolute Gasteiger partial charge is 0.160 e. The van der Waals surface area contributed by atoms with Gasteiger partial charge in [-0.15, -0.1) is 11.3 Å². The molecule has 0 bridgehead atoms. The summed E-state index contributed by atoms with van der Waals surface area (Å²) in [5, 5.41) is 0. The summed E-state index contributed by atoms with van der Waals surface area (Å²) in [5.74, 6) is 0.231. The number of ether oxygens (including phenoxy) is 1. The van der Waals surface area contributed by atoms with Gasteiger partial charge in [-0.05, 0) is 35.8 Å². The number of ketones is 1. The van der Waals surface area contributed by atoms with Crippen LogP contribution in [0.4, 0.5) is 0 Å². The third kappa shape index (κ3) is 3.90. The van der Waals surface area contributed by atoms with E-state index in [9.17, 15) is 4.79 Å². The first kappa shape index (κ1) is 11.9. The average Bonchev–Trinajstić information content (AvgIpc) is 2.65. The predicted octanol–water partition coefficient (Wildman–Crippen LogP) is 3.10. The van der Waals surface area contributed by atoms with Crippen LogP contribution >= 0.6 is 27.3 Å². The van der Waals surface area contributed by atoms with Crippen molar-refractivity contribution >= 4 is 33.0 Å². The molecule has 1 aliphatic rings. The summed E-state index contributed by atoms with van der Waals surface area (Å²) in [6.07, 6.45) is 0.625. The first-order chi connectivity index (χ1) is 6.59. The molecular formula is C10H13BrO2S. The fraction of sp³-hybridized carbons (Fsp3) is 0.500. The van der Waals surface area contributed by atoms with E-state index in [4.69, 9.17) is 4.74 Å². The number of hydrogen-bond acceptors (Lipinski definition) is 3. The fourth-order valence-electron chi connectivity index (χ4n) is 1.04. The lowest BCUT2D eigenvalue weighted by Crippen LogP contribution is -1.91. The maximum Gasteiger partial charge on any atom is 0.160 e. The maximum absolute atomic E-state index is 10.1. The molecule has 0 radical (unpaired) electrons. The molecule has 0 amide bonds. The minimum absolute atomic E-state index is 0.231. The van der Waals surface area contributed by atoms with E-state index in [1.165, 1.54) is 14.2 Å². The van der Waals surface area contributed by atoms with E-state index < -0.39 is 0 Å². The highest BCUT2D eigenvalue weighted by molar-refractivity contribution is 9.10. The Kier molecular flexibility index (Phi) is 4.78. The third-order valence-electron chi connectivity index (χ3n) is 1.77. The molecule has 1 aliphatic heterocycles. The Balaban J connectivity index is 0.000000146. The van der Waals surface area contributed by atoms with Crippen molar-refractivity contribution in [2.45, 2.75) is 20.3 Å².